The zero-order valence-electron chi connectivity index (χ0n) is 10.7. The lowest BCUT2D eigenvalue weighted by Crippen LogP contribution is -2.27. The number of pyridine rings is 1. The van der Waals surface area contributed by atoms with E-state index in [2.05, 4.69) is 11.9 Å². The van der Waals surface area contributed by atoms with Crippen molar-refractivity contribution in [3.05, 3.63) is 27.9 Å². The quantitative estimate of drug-likeness (QED) is 0.662. The van der Waals surface area contributed by atoms with Crippen LogP contribution in [0.3, 0.4) is 0 Å². The summed E-state index contributed by atoms with van der Waals surface area (Å²) in [6, 6.07) is 1.54. The van der Waals surface area contributed by atoms with Crippen molar-refractivity contribution >= 4 is 17.5 Å². The molecule has 2 heterocycles. The second kappa shape index (κ2) is 4.83. The number of rotatable bonds is 3. The van der Waals surface area contributed by atoms with Crippen LogP contribution in [-0.4, -0.2) is 33.6 Å². The first-order chi connectivity index (χ1) is 8.90. The Hall–Kier alpha value is -2.18. The molecular weight excluding hydrogens is 250 g/mol. The molecule has 1 N–H and O–H groups in total. The van der Waals surface area contributed by atoms with Gasteiger partial charge in [0.1, 0.15) is 17.6 Å². The van der Waals surface area contributed by atoms with Crippen LogP contribution < -0.4 is 4.90 Å². The standard InChI is InChI=1S/C12H15N3O4/c1-7-3-8(2)14(6-7)11-4-9(12(16)17)10(5-13-11)15(18)19/h4-5,7-8H,3,6H2,1-2H3,(H,16,17). The number of hydrogen-bond donors (Lipinski definition) is 1. The van der Waals surface area contributed by atoms with Crippen molar-refractivity contribution in [2.45, 2.75) is 26.3 Å². The van der Waals surface area contributed by atoms with E-state index in [-0.39, 0.29) is 11.6 Å². The van der Waals surface area contributed by atoms with Crippen molar-refractivity contribution in [2.24, 2.45) is 5.92 Å². The van der Waals surface area contributed by atoms with E-state index in [1.54, 1.807) is 0 Å². The number of aromatic nitrogens is 1. The zero-order valence-corrected chi connectivity index (χ0v) is 10.7. The Balaban J connectivity index is 2.41. The van der Waals surface area contributed by atoms with Gasteiger partial charge in [-0.3, -0.25) is 10.1 Å². The van der Waals surface area contributed by atoms with Gasteiger partial charge in [-0.05, 0) is 19.3 Å². The van der Waals surface area contributed by atoms with Crippen LogP contribution in [0, 0.1) is 16.0 Å². The molecule has 1 aromatic rings. The number of anilines is 1. The highest BCUT2D eigenvalue weighted by atomic mass is 16.6. The molecule has 1 saturated heterocycles. The van der Waals surface area contributed by atoms with E-state index >= 15 is 0 Å². The first-order valence-electron chi connectivity index (χ1n) is 6.04. The first-order valence-corrected chi connectivity index (χ1v) is 6.04. The molecule has 1 aliphatic heterocycles. The number of carboxylic acids is 1. The summed E-state index contributed by atoms with van der Waals surface area (Å²) in [4.78, 5) is 27.1. The number of nitrogens with zero attached hydrogens (tertiary/aromatic N) is 3. The Bertz CT molecular complexity index is 532. The molecule has 2 atom stereocenters. The van der Waals surface area contributed by atoms with Gasteiger partial charge in [-0.25, -0.2) is 9.78 Å². The van der Waals surface area contributed by atoms with Crippen molar-refractivity contribution in [3.63, 3.8) is 0 Å². The average molecular weight is 265 g/mol. The summed E-state index contributed by atoms with van der Waals surface area (Å²) >= 11 is 0. The fourth-order valence-electron chi connectivity index (χ4n) is 2.53. The number of aromatic carboxylic acids is 1. The molecule has 0 saturated carbocycles. The molecule has 0 radical (unpaired) electrons. The lowest BCUT2D eigenvalue weighted by molar-refractivity contribution is -0.385. The number of carboxylic acid groups (broad SMARTS) is 1. The van der Waals surface area contributed by atoms with Gasteiger partial charge in [-0.2, -0.15) is 0 Å². The van der Waals surface area contributed by atoms with Crippen LogP contribution in [0.15, 0.2) is 12.3 Å². The second-order valence-electron chi connectivity index (χ2n) is 4.96. The summed E-state index contributed by atoms with van der Waals surface area (Å²) in [5.74, 6) is -0.324. The van der Waals surface area contributed by atoms with Gasteiger partial charge in [0.25, 0.3) is 0 Å². The topological polar surface area (TPSA) is 96.6 Å². The van der Waals surface area contributed by atoms with Crippen molar-refractivity contribution in [1.29, 1.82) is 0 Å². The molecule has 7 heteroatoms. The minimum atomic E-state index is -1.31. The number of nitro groups is 1. The van der Waals surface area contributed by atoms with Crippen molar-refractivity contribution in [2.75, 3.05) is 11.4 Å². The average Bonchev–Trinajstić information content (AvgIpc) is 2.67. The molecule has 0 aliphatic carbocycles. The molecule has 0 spiro atoms. The summed E-state index contributed by atoms with van der Waals surface area (Å²) < 4.78 is 0. The van der Waals surface area contributed by atoms with E-state index in [1.807, 2.05) is 11.8 Å². The van der Waals surface area contributed by atoms with E-state index in [9.17, 15) is 14.9 Å². The van der Waals surface area contributed by atoms with E-state index < -0.39 is 16.6 Å². The Morgan fingerprint density at radius 1 is 1.58 bits per heavy atom. The third kappa shape index (κ3) is 2.49. The van der Waals surface area contributed by atoms with Gasteiger partial charge >= 0.3 is 11.7 Å². The van der Waals surface area contributed by atoms with Gasteiger partial charge in [-0.15, -0.1) is 0 Å². The smallest absolute Gasteiger partial charge is 0.342 e. The van der Waals surface area contributed by atoms with E-state index in [1.165, 1.54) is 6.07 Å². The van der Waals surface area contributed by atoms with Gasteiger partial charge < -0.3 is 10.0 Å². The predicted molar refractivity (Wildman–Crippen MR) is 68.4 cm³/mol. The summed E-state index contributed by atoms with van der Waals surface area (Å²) in [5.41, 5.74) is -0.794. The van der Waals surface area contributed by atoms with Crippen molar-refractivity contribution in [3.8, 4) is 0 Å². The van der Waals surface area contributed by atoms with Gasteiger partial charge in [0.2, 0.25) is 0 Å². The summed E-state index contributed by atoms with van der Waals surface area (Å²) in [6.07, 6.45) is 2.02. The van der Waals surface area contributed by atoms with Crippen LogP contribution in [-0.2, 0) is 0 Å². The molecule has 102 valence electrons. The Labute approximate surface area is 110 Å². The van der Waals surface area contributed by atoms with Crippen LogP contribution >= 0.6 is 0 Å². The van der Waals surface area contributed by atoms with Crippen LogP contribution in [0.5, 0.6) is 0 Å². The third-order valence-electron chi connectivity index (χ3n) is 3.37. The molecule has 19 heavy (non-hydrogen) atoms. The Kier molecular flexibility index (Phi) is 3.37. The van der Waals surface area contributed by atoms with E-state index in [4.69, 9.17) is 5.11 Å². The first kappa shape index (κ1) is 13.3. The maximum atomic E-state index is 11.1. The van der Waals surface area contributed by atoms with Gasteiger partial charge in [0.15, 0.2) is 0 Å². The number of hydrogen-bond acceptors (Lipinski definition) is 5. The fraction of sp³-hybridized carbons (Fsp3) is 0.500. The lowest BCUT2D eigenvalue weighted by Gasteiger charge is -2.22. The second-order valence-corrected chi connectivity index (χ2v) is 4.96. The fourth-order valence-corrected chi connectivity index (χ4v) is 2.53. The third-order valence-corrected chi connectivity index (χ3v) is 3.37. The molecule has 0 bridgehead atoms. The van der Waals surface area contributed by atoms with Crippen molar-refractivity contribution in [1.82, 2.24) is 4.98 Å². The molecule has 2 unspecified atom stereocenters. The monoisotopic (exact) mass is 265 g/mol. The molecule has 7 nitrogen and oxygen atoms in total. The molecule has 1 fully saturated rings. The van der Waals surface area contributed by atoms with E-state index in [0.29, 0.717) is 11.7 Å². The van der Waals surface area contributed by atoms with Gasteiger partial charge in [-0.1, -0.05) is 6.92 Å². The molecule has 1 aliphatic rings. The normalized spacial score (nSPS) is 22.5. The molecule has 1 aromatic heterocycles. The van der Waals surface area contributed by atoms with Gasteiger partial charge in [0, 0.05) is 18.7 Å². The largest absolute Gasteiger partial charge is 0.477 e. The summed E-state index contributed by atoms with van der Waals surface area (Å²) in [5, 5.41) is 19.8. The van der Waals surface area contributed by atoms with Crippen LogP contribution in [0.2, 0.25) is 0 Å². The number of carbonyl (C=O) groups is 1. The minimum absolute atomic E-state index is 0.255. The lowest BCUT2D eigenvalue weighted by atomic mass is 10.1. The highest BCUT2D eigenvalue weighted by molar-refractivity contribution is 5.93. The zero-order chi connectivity index (χ0) is 14.2. The maximum Gasteiger partial charge on any atom is 0.342 e. The Morgan fingerprint density at radius 3 is 2.74 bits per heavy atom. The van der Waals surface area contributed by atoms with Crippen LogP contribution in [0.25, 0.3) is 0 Å². The molecule has 2 rings (SSSR count). The maximum absolute atomic E-state index is 11.1. The highest BCUT2D eigenvalue weighted by Crippen LogP contribution is 2.29. The van der Waals surface area contributed by atoms with Crippen LogP contribution in [0.4, 0.5) is 11.5 Å². The SMILES string of the molecule is CC1CC(C)N(c2cc(C(=O)O)c([N+](=O)[O-])cn2)C1. The predicted octanol–water partition coefficient (Wildman–Crippen LogP) is 1.92. The molecular formula is C12H15N3O4. The minimum Gasteiger partial charge on any atom is -0.477 e. The van der Waals surface area contributed by atoms with Gasteiger partial charge in [0.05, 0.1) is 4.92 Å². The van der Waals surface area contributed by atoms with Crippen molar-refractivity contribution < 1.29 is 14.8 Å². The van der Waals surface area contributed by atoms with Crippen LogP contribution in [0.1, 0.15) is 30.6 Å². The molecule has 0 amide bonds. The summed E-state index contributed by atoms with van der Waals surface area (Å²) in [6.45, 7) is 4.93. The Morgan fingerprint density at radius 2 is 2.26 bits per heavy atom. The molecule has 0 aromatic carbocycles. The summed E-state index contributed by atoms with van der Waals surface area (Å²) in [7, 11) is 0. The van der Waals surface area contributed by atoms with E-state index in [0.717, 1.165) is 19.2 Å². The highest BCUT2D eigenvalue weighted by Gasteiger charge is 2.29.